The summed E-state index contributed by atoms with van der Waals surface area (Å²) in [4.78, 5) is 26.3. The quantitative estimate of drug-likeness (QED) is 0.716. The predicted molar refractivity (Wildman–Crippen MR) is 111 cm³/mol. The van der Waals surface area contributed by atoms with E-state index in [0.29, 0.717) is 17.0 Å². The van der Waals surface area contributed by atoms with Crippen LogP contribution in [0.25, 0.3) is 0 Å². The first-order valence-corrected chi connectivity index (χ1v) is 10.0. The molecule has 0 radical (unpaired) electrons. The zero-order chi connectivity index (χ0) is 17.6. The van der Waals surface area contributed by atoms with E-state index >= 15 is 0 Å². The van der Waals surface area contributed by atoms with Crippen LogP contribution in [0.4, 0.5) is 5.69 Å². The van der Waals surface area contributed by atoms with E-state index < -0.39 is 0 Å². The molecule has 2 N–H and O–H groups in total. The van der Waals surface area contributed by atoms with E-state index in [4.69, 9.17) is 0 Å². The summed E-state index contributed by atoms with van der Waals surface area (Å²) >= 11 is 3.15. The number of carbonyl (C=O) groups excluding carboxylic acids is 2. The third-order valence-corrected chi connectivity index (χ3v) is 6.29. The van der Waals surface area contributed by atoms with Gasteiger partial charge in [0.15, 0.2) is 0 Å². The highest BCUT2D eigenvalue weighted by molar-refractivity contribution is 8.01. The molecule has 1 aliphatic rings. The van der Waals surface area contributed by atoms with Crippen LogP contribution < -0.4 is 10.6 Å². The Labute approximate surface area is 168 Å². The highest BCUT2D eigenvalue weighted by atomic mass is 35.5. The number of thiophene rings is 1. The van der Waals surface area contributed by atoms with Crippen molar-refractivity contribution in [2.24, 2.45) is 0 Å². The molecular weight excluding hydrogens is 390 g/mol. The van der Waals surface area contributed by atoms with Crippen molar-refractivity contribution in [1.82, 2.24) is 10.2 Å². The summed E-state index contributed by atoms with van der Waals surface area (Å²) in [5, 5.41) is 8.13. The fourth-order valence-electron chi connectivity index (χ4n) is 2.71. The van der Waals surface area contributed by atoms with Crippen molar-refractivity contribution in [1.29, 1.82) is 0 Å². The van der Waals surface area contributed by atoms with Gasteiger partial charge in [-0.05, 0) is 48.7 Å². The number of benzene rings is 1. The Hall–Kier alpha value is -1.54. The first-order valence-electron chi connectivity index (χ1n) is 8.17. The van der Waals surface area contributed by atoms with Gasteiger partial charge in [0.1, 0.15) is 0 Å². The molecule has 26 heavy (non-hydrogen) atoms. The second-order valence-electron chi connectivity index (χ2n) is 5.91. The molecule has 1 saturated heterocycles. The summed E-state index contributed by atoms with van der Waals surface area (Å²) in [6, 6.07) is 11.3. The van der Waals surface area contributed by atoms with Gasteiger partial charge >= 0.3 is 0 Å². The number of likely N-dealkylation sites (N-methyl/N-ethyl adjacent to an activating group) is 1. The molecule has 2 aromatic rings. The molecule has 2 heterocycles. The number of nitrogens with one attached hydrogen (secondary N) is 2. The lowest BCUT2D eigenvalue weighted by molar-refractivity contribution is -0.113. The van der Waals surface area contributed by atoms with Crippen molar-refractivity contribution in [3.63, 3.8) is 0 Å². The van der Waals surface area contributed by atoms with Gasteiger partial charge in [-0.3, -0.25) is 9.59 Å². The molecule has 140 valence electrons. The first kappa shape index (κ1) is 20.8. The standard InChI is InChI=1S/C18H21N3O2S2.ClH/c1-21(15-8-9-19-11-15)18(23)13-4-6-14(7-5-13)20-16(22)12-25-17-3-2-10-24-17;/h2-7,10,15,19H,8-9,11-12H2,1H3,(H,20,22);1H. The highest BCUT2D eigenvalue weighted by Crippen LogP contribution is 2.23. The molecule has 1 atom stereocenters. The second kappa shape index (κ2) is 9.97. The smallest absolute Gasteiger partial charge is 0.253 e. The molecule has 1 unspecified atom stereocenters. The van der Waals surface area contributed by atoms with Gasteiger partial charge in [0.2, 0.25) is 5.91 Å². The van der Waals surface area contributed by atoms with E-state index in [2.05, 4.69) is 10.6 Å². The molecule has 0 saturated carbocycles. The molecule has 5 nitrogen and oxygen atoms in total. The monoisotopic (exact) mass is 411 g/mol. The van der Waals surface area contributed by atoms with E-state index in [9.17, 15) is 9.59 Å². The molecule has 1 aliphatic heterocycles. The van der Waals surface area contributed by atoms with Crippen molar-refractivity contribution >= 4 is 53.0 Å². The zero-order valence-corrected chi connectivity index (χ0v) is 16.9. The summed E-state index contributed by atoms with van der Waals surface area (Å²) in [6.07, 6.45) is 0.984. The third kappa shape index (κ3) is 5.48. The van der Waals surface area contributed by atoms with Crippen LogP contribution >= 0.6 is 35.5 Å². The second-order valence-corrected chi connectivity index (χ2v) is 8.13. The number of rotatable bonds is 6. The SMILES string of the molecule is CN(C(=O)c1ccc(NC(=O)CSc2cccs2)cc1)C1CCNC1.Cl. The first-order chi connectivity index (χ1) is 12.1. The average Bonchev–Trinajstić information content (AvgIpc) is 3.33. The zero-order valence-electron chi connectivity index (χ0n) is 14.4. The largest absolute Gasteiger partial charge is 0.337 e. The van der Waals surface area contributed by atoms with Crippen LogP contribution in [0.15, 0.2) is 46.0 Å². The van der Waals surface area contributed by atoms with Gasteiger partial charge in [0, 0.05) is 30.9 Å². The Morgan fingerprint density at radius 1 is 1.31 bits per heavy atom. The minimum Gasteiger partial charge on any atom is -0.337 e. The van der Waals surface area contributed by atoms with Crippen LogP contribution in [0.1, 0.15) is 16.8 Å². The van der Waals surface area contributed by atoms with Crippen LogP contribution in [-0.2, 0) is 4.79 Å². The normalized spacial score (nSPS) is 16.0. The van der Waals surface area contributed by atoms with E-state index in [1.54, 1.807) is 40.5 Å². The van der Waals surface area contributed by atoms with E-state index in [-0.39, 0.29) is 30.3 Å². The summed E-state index contributed by atoms with van der Waals surface area (Å²) in [6.45, 7) is 1.80. The summed E-state index contributed by atoms with van der Waals surface area (Å²) in [5.74, 6) is 0.338. The maximum Gasteiger partial charge on any atom is 0.253 e. The lowest BCUT2D eigenvalue weighted by Gasteiger charge is -2.23. The average molecular weight is 412 g/mol. The van der Waals surface area contributed by atoms with Crippen LogP contribution in [-0.4, -0.2) is 48.6 Å². The van der Waals surface area contributed by atoms with Crippen LogP contribution in [0.3, 0.4) is 0 Å². The van der Waals surface area contributed by atoms with Gasteiger partial charge in [0.05, 0.1) is 9.96 Å². The maximum atomic E-state index is 12.5. The lowest BCUT2D eigenvalue weighted by Crippen LogP contribution is -2.38. The third-order valence-electron chi connectivity index (χ3n) is 4.16. The molecule has 1 aromatic heterocycles. The highest BCUT2D eigenvalue weighted by Gasteiger charge is 2.23. The molecule has 1 fully saturated rings. The predicted octanol–water partition coefficient (Wildman–Crippen LogP) is 3.33. The van der Waals surface area contributed by atoms with Crippen molar-refractivity contribution in [2.45, 2.75) is 16.7 Å². The molecule has 0 aliphatic carbocycles. The Morgan fingerprint density at radius 2 is 2.08 bits per heavy atom. The lowest BCUT2D eigenvalue weighted by atomic mass is 10.1. The minimum atomic E-state index is -0.0494. The van der Waals surface area contributed by atoms with E-state index in [1.807, 2.05) is 24.6 Å². The van der Waals surface area contributed by atoms with Gasteiger partial charge in [0.25, 0.3) is 5.91 Å². The van der Waals surface area contributed by atoms with Crippen molar-refractivity contribution in [3.8, 4) is 0 Å². The van der Waals surface area contributed by atoms with E-state index in [1.165, 1.54) is 11.8 Å². The summed E-state index contributed by atoms with van der Waals surface area (Å²) < 4.78 is 1.13. The molecular formula is C18H22ClN3O2S2. The van der Waals surface area contributed by atoms with Crippen molar-refractivity contribution in [3.05, 3.63) is 47.3 Å². The number of nitrogens with zero attached hydrogens (tertiary/aromatic N) is 1. The van der Waals surface area contributed by atoms with Crippen LogP contribution in [0.5, 0.6) is 0 Å². The molecule has 2 amide bonds. The molecule has 0 spiro atoms. The van der Waals surface area contributed by atoms with E-state index in [0.717, 1.165) is 23.7 Å². The van der Waals surface area contributed by atoms with Crippen molar-refractivity contribution in [2.75, 3.05) is 31.2 Å². The number of thioether (sulfide) groups is 1. The van der Waals surface area contributed by atoms with Crippen molar-refractivity contribution < 1.29 is 9.59 Å². The van der Waals surface area contributed by atoms with Gasteiger partial charge in [-0.25, -0.2) is 0 Å². The fraction of sp³-hybridized carbons (Fsp3) is 0.333. The number of hydrogen-bond donors (Lipinski definition) is 2. The number of amides is 2. The van der Waals surface area contributed by atoms with Gasteiger partial charge in [-0.2, -0.15) is 0 Å². The van der Waals surface area contributed by atoms with Gasteiger partial charge < -0.3 is 15.5 Å². The maximum absolute atomic E-state index is 12.5. The molecule has 0 bridgehead atoms. The number of hydrogen-bond acceptors (Lipinski definition) is 5. The Morgan fingerprint density at radius 3 is 2.69 bits per heavy atom. The summed E-state index contributed by atoms with van der Waals surface area (Å²) in [7, 11) is 1.84. The Kier molecular flexibility index (Phi) is 7.96. The van der Waals surface area contributed by atoms with Crippen LogP contribution in [0, 0.1) is 0 Å². The Balaban J connectivity index is 0.00000243. The number of anilines is 1. The molecule has 8 heteroatoms. The Bertz CT molecular complexity index is 717. The summed E-state index contributed by atoms with van der Waals surface area (Å²) in [5.41, 5.74) is 1.35. The fourth-order valence-corrected chi connectivity index (χ4v) is 4.30. The van der Waals surface area contributed by atoms with Gasteiger partial charge in [-0.15, -0.1) is 35.5 Å². The molecule has 1 aromatic carbocycles. The number of halogens is 1. The van der Waals surface area contributed by atoms with Gasteiger partial charge in [-0.1, -0.05) is 6.07 Å². The number of carbonyl (C=O) groups is 2. The molecule has 3 rings (SSSR count). The minimum absolute atomic E-state index is 0. The topological polar surface area (TPSA) is 61.4 Å². The van der Waals surface area contributed by atoms with Crippen LogP contribution in [0.2, 0.25) is 0 Å².